The number of methoxy groups -OCH3 is 1. The van der Waals surface area contributed by atoms with Crippen LogP contribution in [0.3, 0.4) is 0 Å². The summed E-state index contributed by atoms with van der Waals surface area (Å²) in [5, 5.41) is 7.03. The molecule has 0 saturated heterocycles. The van der Waals surface area contributed by atoms with E-state index in [1.165, 1.54) is 0 Å². The van der Waals surface area contributed by atoms with E-state index in [0.717, 1.165) is 21.5 Å². The van der Waals surface area contributed by atoms with Crippen LogP contribution >= 0.6 is 15.9 Å². The SMILES string of the molecule is COc1cc(Br)cc(CNC(=O)Cn2ccc(C)n2)c1. The van der Waals surface area contributed by atoms with E-state index in [4.69, 9.17) is 4.74 Å². The van der Waals surface area contributed by atoms with Crippen LogP contribution in [0.25, 0.3) is 0 Å². The predicted octanol–water partition coefficient (Wildman–Crippen LogP) is 2.28. The summed E-state index contributed by atoms with van der Waals surface area (Å²) in [7, 11) is 1.62. The van der Waals surface area contributed by atoms with Gasteiger partial charge in [-0.05, 0) is 36.8 Å². The molecule has 0 radical (unpaired) electrons. The number of nitrogens with one attached hydrogen (secondary N) is 1. The van der Waals surface area contributed by atoms with Gasteiger partial charge in [0.1, 0.15) is 12.3 Å². The molecule has 0 fully saturated rings. The van der Waals surface area contributed by atoms with Crippen molar-refractivity contribution in [2.45, 2.75) is 20.0 Å². The third kappa shape index (κ3) is 4.09. The number of nitrogens with zero attached hydrogens (tertiary/aromatic N) is 2. The van der Waals surface area contributed by atoms with Crippen molar-refractivity contribution >= 4 is 21.8 Å². The number of halogens is 1. The second-order valence-electron chi connectivity index (χ2n) is 4.43. The topological polar surface area (TPSA) is 56.1 Å². The normalized spacial score (nSPS) is 10.3. The standard InChI is InChI=1S/C14H16BrN3O2/c1-10-3-4-18(17-10)9-14(19)16-8-11-5-12(15)7-13(6-11)20-2/h3-7H,8-9H2,1-2H3,(H,16,19). The molecule has 0 atom stereocenters. The Morgan fingerprint density at radius 1 is 1.45 bits per heavy atom. The highest BCUT2D eigenvalue weighted by Crippen LogP contribution is 2.21. The highest BCUT2D eigenvalue weighted by Gasteiger charge is 2.05. The molecule has 0 saturated carbocycles. The van der Waals surface area contributed by atoms with Crippen LogP contribution in [-0.2, 0) is 17.9 Å². The van der Waals surface area contributed by atoms with Crippen molar-refractivity contribution in [3.05, 3.63) is 46.2 Å². The fourth-order valence-corrected chi connectivity index (χ4v) is 2.32. The monoisotopic (exact) mass is 337 g/mol. The van der Waals surface area contributed by atoms with Gasteiger partial charge in [0.2, 0.25) is 5.91 Å². The average Bonchev–Trinajstić information content (AvgIpc) is 2.81. The number of hydrogen-bond donors (Lipinski definition) is 1. The van der Waals surface area contributed by atoms with Gasteiger partial charge in [-0.2, -0.15) is 5.10 Å². The molecule has 0 spiro atoms. The van der Waals surface area contributed by atoms with E-state index in [1.807, 2.05) is 31.2 Å². The minimum absolute atomic E-state index is 0.0768. The first-order valence-corrected chi connectivity index (χ1v) is 6.96. The van der Waals surface area contributed by atoms with Gasteiger partial charge in [0.15, 0.2) is 0 Å². The Hall–Kier alpha value is -1.82. The molecule has 20 heavy (non-hydrogen) atoms. The summed E-state index contributed by atoms with van der Waals surface area (Å²) >= 11 is 3.41. The van der Waals surface area contributed by atoms with Gasteiger partial charge in [0.25, 0.3) is 0 Å². The van der Waals surface area contributed by atoms with E-state index in [2.05, 4.69) is 26.3 Å². The largest absolute Gasteiger partial charge is 0.497 e. The Labute approximate surface area is 126 Å². The fourth-order valence-electron chi connectivity index (χ4n) is 1.80. The van der Waals surface area contributed by atoms with Crippen LogP contribution in [0.5, 0.6) is 5.75 Å². The van der Waals surface area contributed by atoms with Crippen molar-refractivity contribution in [1.29, 1.82) is 0 Å². The van der Waals surface area contributed by atoms with Crippen molar-refractivity contribution in [2.75, 3.05) is 7.11 Å². The number of amides is 1. The molecule has 0 aliphatic carbocycles. The van der Waals surface area contributed by atoms with Crippen LogP contribution in [0, 0.1) is 6.92 Å². The summed E-state index contributed by atoms with van der Waals surface area (Å²) in [6, 6.07) is 7.58. The zero-order valence-corrected chi connectivity index (χ0v) is 13.0. The summed E-state index contributed by atoms with van der Waals surface area (Å²) in [6.45, 7) is 2.57. The number of ether oxygens (including phenoxy) is 1. The lowest BCUT2D eigenvalue weighted by molar-refractivity contribution is -0.122. The number of hydrogen-bond acceptors (Lipinski definition) is 3. The van der Waals surface area contributed by atoms with Gasteiger partial charge in [-0.25, -0.2) is 0 Å². The van der Waals surface area contributed by atoms with Crippen LogP contribution in [0.15, 0.2) is 34.9 Å². The van der Waals surface area contributed by atoms with E-state index in [-0.39, 0.29) is 12.5 Å². The Balaban J connectivity index is 1.91. The number of aromatic nitrogens is 2. The third-order valence-electron chi connectivity index (χ3n) is 2.74. The number of carbonyl (C=O) groups excluding carboxylic acids is 1. The first-order chi connectivity index (χ1) is 9.56. The molecule has 5 nitrogen and oxygen atoms in total. The molecule has 2 rings (SSSR count). The van der Waals surface area contributed by atoms with Gasteiger partial charge in [0.05, 0.1) is 12.8 Å². The maximum atomic E-state index is 11.8. The smallest absolute Gasteiger partial charge is 0.241 e. The molecule has 2 aromatic rings. The van der Waals surface area contributed by atoms with Crippen molar-refractivity contribution in [1.82, 2.24) is 15.1 Å². The second-order valence-corrected chi connectivity index (χ2v) is 5.35. The Morgan fingerprint density at radius 3 is 2.90 bits per heavy atom. The lowest BCUT2D eigenvalue weighted by Crippen LogP contribution is -2.27. The Kier molecular flexibility index (Phi) is 4.79. The molecule has 0 bridgehead atoms. The van der Waals surface area contributed by atoms with E-state index >= 15 is 0 Å². The van der Waals surface area contributed by atoms with Gasteiger partial charge in [0, 0.05) is 17.2 Å². The molecule has 1 heterocycles. The molecule has 106 valence electrons. The molecule has 1 aromatic heterocycles. The van der Waals surface area contributed by atoms with Crippen LogP contribution in [0.2, 0.25) is 0 Å². The van der Waals surface area contributed by atoms with Gasteiger partial charge >= 0.3 is 0 Å². The maximum absolute atomic E-state index is 11.8. The molecule has 0 aliphatic heterocycles. The number of rotatable bonds is 5. The minimum atomic E-state index is -0.0768. The zero-order valence-electron chi connectivity index (χ0n) is 11.4. The van der Waals surface area contributed by atoms with Gasteiger partial charge in [-0.3, -0.25) is 9.48 Å². The van der Waals surface area contributed by atoms with E-state index < -0.39 is 0 Å². The summed E-state index contributed by atoms with van der Waals surface area (Å²) in [5.74, 6) is 0.679. The second kappa shape index (κ2) is 6.56. The molecule has 0 unspecified atom stereocenters. The predicted molar refractivity (Wildman–Crippen MR) is 79.5 cm³/mol. The lowest BCUT2D eigenvalue weighted by atomic mass is 10.2. The molecular weight excluding hydrogens is 322 g/mol. The maximum Gasteiger partial charge on any atom is 0.241 e. The molecule has 6 heteroatoms. The van der Waals surface area contributed by atoms with Crippen LogP contribution in [0.4, 0.5) is 0 Å². The molecule has 0 aliphatic rings. The number of carbonyl (C=O) groups is 1. The Bertz CT molecular complexity index is 610. The zero-order chi connectivity index (χ0) is 14.5. The number of aryl methyl sites for hydroxylation is 1. The number of benzene rings is 1. The summed E-state index contributed by atoms with van der Waals surface area (Å²) < 4.78 is 7.72. The van der Waals surface area contributed by atoms with Crippen LogP contribution in [-0.4, -0.2) is 22.8 Å². The first kappa shape index (κ1) is 14.6. The van der Waals surface area contributed by atoms with Gasteiger partial charge < -0.3 is 10.1 Å². The van der Waals surface area contributed by atoms with Crippen LogP contribution in [0.1, 0.15) is 11.3 Å². The van der Waals surface area contributed by atoms with E-state index in [1.54, 1.807) is 18.0 Å². The summed E-state index contributed by atoms with van der Waals surface area (Å²) in [5.41, 5.74) is 1.87. The molecular formula is C14H16BrN3O2. The molecule has 1 amide bonds. The minimum Gasteiger partial charge on any atom is -0.497 e. The average molecular weight is 338 g/mol. The van der Waals surface area contributed by atoms with E-state index in [9.17, 15) is 4.79 Å². The van der Waals surface area contributed by atoms with E-state index in [0.29, 0.717) is 6.54 Å². The lowest BCUT2D eigenvalue weighted by Gasteiger charge is -2.08. The van der Waals surface area contributed by atoms with Crippen molar-refractivity contribution < 1.29 is 9.53 Å². The third-order valence-corrected chi connectivity index (χ3v) is 3.19. The summed E-state index contributed by atoms with van der Waals surface area (Å²) in [6.07, 6.45) is 1.79. The van der Waals surface area contributed by atoms with Crippen molar-refractivity contribution in [2.24, 2.45) is 0 Å². The fraction of sp³-hybridized carbons (Fsp3) is 0.286. The van der Waals surface area contributed by atoms with Gasteiger partial charge in [-0.1, -0.05) is 15.9 Å². The highest BCUT2D eigenvalue weighted by molar-refractivity contribution is 9.10. The highest BCUT2D eigenvalue weighted by atomic mass is 79.9. The summed E-state index contributed by atoms with van der Waals surface area (Å²) in [4.78, 5) is 11.8. The quantitative estimate of drug-likeness (QED) is 0.910. The van der Waals surface area contributed by atoms with Crippen molar-refractivity contribution in [3.8, 4) is 5.75 Å². The molecule has 1 N–H and O–H groups in total. The van der Waals surface area contributed by atoms with Gasteiger partial charge in [-0.15, -0.1) is 0 Å². The molecule has 1 aromatic carbocycles. The van der Waals surface area contributed by atoms with Crippen LogP contribution < -0.4 is 10.1 Å². The first-order valence-electron chi connectivity index (χ1n) is 6.17. The van der Waals surface area contributed by atoms with Crippen molar-refractivity contribution in [3.63, 3.8) is 0 Å². The Morgan fingerprint density at radius 2 is 2.25 bits per heavy atom.